The molecule has 19 heavy (non-hydrogen) atoms. The Bertz CT molecular complexity index is 559. The zero-order valence-corrected chi connectivity index (χ0v) is 12.1. The van der Waals surface area contributed by atoms with Crippen LogP contribution < -0.4 is 10.5 Å². The summed E-state index contributed by atoms with van der Waals surface area (Å²) >= 11 is 0. The van der Waals surface area contributed by atoms with Gasteiger partial charge in [-0.3, -0.25) is 0 Å². The Morgan fingerprint density at radius 3 is 2.53 bits per heavy atom. The molecule has 0 aliphatic heterocycles. The first-order valence-corrected chi connectivity index (χ1v) is 6.57. The number of nitrogens with two attached hydrogens (primary N) is 1. The number of aromatic amines is 1. The number of hydrogen-bond acceptors (Lipinski definition) is 2. The molecule has 3 nitrogen and oxygen atoms in total. The van der Waals surface area contributed by atoms with Gasteiger partial charge in [-0.05, 0) is 60.7 Å². The fourth-order valence-corrected chi connectivity index (χ4v) is 2.79. The van der Waals surface area contributed by atoms with Gasteiger partial charge in [0.15, 0.2) is 0 Å². The van der Waals surface area contributed by atoms with Crippen molar-refractivity contribution < 1.29 is 4.74 Å². The number of H-pyrrole nitrogens is 1. The summed E-state index contributed by atoms with van der Waals surface area (Å²) in [6, 6.07) is 4.20. The molecule has 102 valence electrons. The predicted octanol–water partition coefficient (Wildman–Crippen LogP) is 3.04. The van der Waals surface area contributed by atoms with Crippen LogP contribution in [-0.4, -0.2) is 18.6 Å². The van der Waals surface area contributed by atoms with Gasteiger partial charge in [0.2, 0.25) is 0 Å². The van der Waals surface area contributed by atoms with E-state index in [0.717, 1.165) is 5.75 Å². The van der Waals surface area contributed by atoms with Crippen LogP contribution >= 0.6 is 0 Å². The highest BCUT2D eigenvalue weighted by Gasteiger charge is 2.20. The number of rotatable bonds is 4. The zero-order valence-electron chi connectivity index (χ0n) is 12.1. The van der Waals surface area contributed by atoms with Crippen LogP contribution in [0.25, 0.3) is 0 Å². The van der Waals surface area contributed by atoms with Gasteiger partial charge in [0.05, 0.1) is 7.11 Å². The molecule has 0 aliphatic rings. The van der Waals surface area contributed by atoms with Gasteiger partial charge < -0.3 is 15.5 Å². The van der Waals surface area contributed by atoms with Crippen LogP contribution in [0.4, 0.5) is 0 Å². The van der Waals surface area contributed by atoms with Crippen molar-refractivity contribution in [3.63, 3.8) is 0 Å². The quantitative estimate of drug-likeness (QED) is 0.885. The van der Waals surface area contributed by atoms with Gasteiger partial charge in [0.1, 0.15) is 5.75 Å². The van der Waals surface area contributed by atoms with Crippen LogP contribution in [0, 0.1) is 20.8 Å². The number of methoxy groups -OCH3 is 1. The SMILES string of the molecule is COc1cc(C)c(C(CN)c2cc[nH]c2)c(C)c1C. The molecule has 1 unspecified atom stereocenters. The van der Waals surface area contributed by atoms with E-state index in [9.17, 15) is 0 Å². The molecule has 0 amide bonds. The first-order valence-electron chi connectivity index (χ1n) is 6.57. The van der Waals surface area contributed by atoms with E-state index in [0.29, 0.717) is 6.54 Å². The van der Waals surface area contributed by atoms with Crippen molar-refractivity contribution in [2.45, 2.75) is 26.7 Å². The standard InChI is InChI=1S/C16H22N2O/c1-10-7-15(19-4)11(2)12(3)16(10)14(8-17)13-5-6-18-9-13/h5-7,9,14,18H,8,17H2,1-4H3. The minimum absolute atomic E-state index is 0.232. The summed E-state index contributed by atoms with van der Waals surface area (Å²) in [6.07, 6.45) is 3.97. The van der Waals surface area contributed by atoms with E-state index in [1.54, 1.807) is 7.11 Å². The van der Waals surface area contributed by atoms with Gasteiger partial charge in [0.25, 0.3) is 0 Å². The molecular formula is C16H22N2O. The summed E-state index contributed by atoms with van der Waals surface area (Å²) in [5.41, 5.74) is 12.3. The Hall–Kier alpha value is -1.74. The zero-order chi connectivity index (χ0) is 14.0. The molecule has 0 aliphatic carbocycles. The van der Waals surface area contributed by atoms with Crippen LogP contribution in [0.3, 0.4) is 0 Å². The number of aromatic nitrogens is 1. The highest BCUT2D eigenvalue weighted by atomic mass is 16.5. The summed E-state index contributed by atoms with van der Waals surface area (Å²) in [4.78, 5) is 3.11. The first kappa shape index (κ1) is 13.7. The van der Waals surface area contributed by atoms with Gasteiger partial charge in [-0.15, -0.1) is 0 Å². The molecule has 1 aromatic heterocycles. The highest BCUT2D eigenvalue weighted by molar-refractivity contribution is 5.51. The lowest BCUT2D eigenvalue weighted by Crippen LogP contribution is -2.16. The summed E-state index contributed by atoms with van der Waals surface area (Å²) in [5.74, 6) is 1.18. The van der Waals surface area contributed by atoms with Crippen molar-refractivity contribution in [3.8, 4) is 5.75 Å². The third-order valence-corrected chi connectivity index (χ3v) is 3.94. The molecule has 0 bridgehead atoms. The molecule has 0 saturated heterocycles. The molecule has 3 N–H and O–H groups in total. The van der Waals surface area contributed by atoms with E-state index in [1.165, 1.54) is 27.8 Å². The smallest absolute Gasteiger partial charge is 0.122 e. The molecule has 1 atom stereocenters. The minimum atomic E-state index is 0.232. The Kier molecular flexibility index (Phi) is 3.96. The van der Waals surface area contributed by atoms with Crippen molar-refractivity contribution in [2.75, 3.05) is 13.7 Å². The van der Waals surface area contributed by atoms with E-state index in [4.69, 9.17) is 10.5 Å². The van der Waals surface area contributed by atoms with Gasteiger partial charge in [-0.25, -0.2) is 0 Å². The molecule has 2 rings (SSSR count). The fraction of sp³-hybridized carbons (Fsp3) is 0.375. The van der Waals surface area contributed by atoms with E-state index in [-0.39, 0.29) is 5.92 Å². The molecule has 1 heterocycles. The Balaban J connectivity index is 2.58. The molecular weight excluding hydrogens is 236 g/mol. The lowest BCUT2D eigenvalue weighted by molar-refractivity contribution is 0.410. The number of benzene rings is 1. The van der Waals surface area contributed by atoms with E-state index < -0.39 is 0 Å². The normalized spacial score (nSPS) is 12.5. The Labute approximate surface area is 114 Å². The van der Waals surface area contributed by atoms with Crippen LogP contribution in [0.2, 0.25) is 0 Å². The topological polar surface area (TPSA) is 51.0 Å². The predicted molar refractivity (Wildman–Crippen MR) is 78.9 cm³/mol. The summed E-state index contributed by atoms with van der Waals surface area (Å²) in [7, 11) is 1.72. The molecule has 0 spiro atoms. The van der Waals surface area contributed by atoms with E-state index in [2.05, 4.69) is 37.9 Å². The maximum absolute atomic E-state index is 6.01. The first-order chi connectivity index (χ1) is 9.10. The maximum atomic E-state index is 6.01. The van der Waals surface area contributed by atoms with Crippen LogP contribution in [0.5, 0.6) is 5.75 Å². The second kappa shape index (κ2) is 5.49. The second-order valence-corrected chi connectivity index (χ2v) is 4.99. The summed E-state index contributed by atoms with van der Waals surface area (Å²) in [6.45, 7) is 6.97. The van der Waals surface area contributed by atoms with Crippen molar-refractivity contribution in [1.29, 1.82) is 0 Å². The summed E-state index contributed by atoms with van der Waals surface area (Å²) in [5, 5.41) is 0. The third kappa shape index (κ3) is 2.38. The molecule has 0 radical (unpaired) electrons. The molecule has 2 aromatic rings. The van der Waals surface area contributed by atoms with Crippen LogP contribution in [0.1, 0.15) is 33.7 Å². The Morgan fingerprint density at radius 1 is 1.26 bits per heavy atom. The van der Waals surface area contributed by atoms with E-state index in [1.807, 2.05) is 12.4 Å². The largest absolute Gasteiger partial charge is 0.496 e. The van der Waals surface area contributed by atoms with Crippen LogP contribution in [0.15, 0.2) is 24.5 Å². The van der Waals surface area contributed by atoms with Gasteiger partial charge in [0, 0.05) is 24.9 Å². The van der Waals surface area contributed by atoms with E-state index >= 15 is 0 Å². The second-order valence-electron chi connectivity index (χ2n) is 4.99. The maximum Gasteiger partial charge on any atom is 0.122 e. The van der Waals surface area contributed by atoms with Crippen molar-refractivity contribution >= 4 is 0 Å². The van der Waals surface area contributed by atoms with Gasteiger partial charge >= 0.3 is 0 Å². The summed E-state index contributed by atoms with van der Waals surface area (Å²) < 4.78 is 5.43. The average molecular weight is 258 g/mol. The molecule has 0 fully saturated rings. The fourth-order valence-electron chi connectivity index (χ4n) is 2.79. The van der Waals surface area contributed by atoms with Crippen LogP contribution in [-0.2, 0) is 0 Å². The molecule has 1 aromatic carbocycles. The molecule has 3 heteroatoms. The molecule has 0 saturated carbocycles. The number of aryl methyl sites for hydroxylation is 1. The highest BCUT2D eigenvalue weighted by Crippen LogP contribution is 2.34. The lowest BCUT2D eigenvalue weighted by atomic mass is 9.85. The Morgan fingerprint density at radius 2 is 2.00 bits per heavy atom. The number of nitrogens with one attached hydrogen (secondary N) is 1. The minimum Gasteiger partial charge on any atom is -0.496 e. The van der Waals surface area contributed by atoms with Crippen molar-refractivity contribution in [2.24, 2.45) is 5.73 Å². The van der Waals surface area contributed by atoms with Crippen molar-refractivity contribution in [3.05, 3.63) is 52.3 Å². The monoisotopic (exact) mass is 258 g/mol. The third-order valence-electron chi connectivity index (χ3n) is 3.94. The van der Waals surface area contributed by atoms with Crippen molar-refractivity contribution in [1.82, 2.24) is 4.98 Å². The van der Waals surface area contributed by atoms with Gasteiger partial charge in [-0.2, -0.15) is 0 Å². The lowest BCUT2D eigenvalue weighted by Gasteiger charge is -2.22. The average Bonchev–Trinajstić information content (AvgIpc) is 2.92. The number of ether oxygens (including phenoxy) is 1. The number of hydrogen-bond donors (Lipinski definition) is 2. The van der Waals surface area contributed by atoms with Gasteiger partial charge in [-0.1, -0.05) is 0 Å².